The standard InChI is InChI=1S/C18H23N3O3/c1-13-19-16(24-20-13)15-9-21(10-15)17(22)18(2,3)12-23-11-14-7-5-4-6-8-14/h4-8,15H,9-12H2,1-3H3. The SMILES string of the molecule is Cc1noc(C2CN(C(=O)C(C)(C)COCc3ccccc3)C2)n1. The van der Waals surface area contributed by atoms with Gasteiger partial charge in [-0.15, -0.1) is 0 Å². The first-order valence-electron chi connectivity index (χ1n) is 8.17. The number of ether oxygens (including phenoxy) is 1. The third kappa shape index (κ3) is 3.64. The van der Waals surface area contributed by atoms with Crippen LogP contribution in [-0.4, -0.2) is 40.6 Å². The molecule has 1 fully saturated rings. The van der Waals surface area contributed by atoms with Gasteiger partial charge in [0.1, 0.15) is 0 Å². The zero-order chi connectivity index (χ0) is 17.2. The lowest BCUT2D eigenvalue weighted by Crippen LogP contribution is -2.54. The maximum Gasteiger partial charge on any atom is 0.233 e. The molecule has 0 saturated carbocycles. The minimum absolute atomic E-state index is 0.100. The molecule has 1 amide bonds. The fraction of sp³-hybridized carbons (Fsp3) is 0.500. The molecule has 0 aliphatic carbocycles. The van der Waals surface area contributed by atoms with Crippen molar-refractivity contribution in [3.05, 3.63) is 47.6 Å². The van der Waals surface area contributed by atoms with Gasteiger partial charge in [0, 0.05) is 13.1 Å². The zero-order valence-electron chi connectivity index (χ0n) is 14.4. The normalized spacial score (nSPS) is 15.4. The summed E-state index contributed by atoms with van der Waals surface area (Å²) in [5, 5.41) is 3.80. The second-order valence-corrected chi connectivity index (χ2v) is 6.95. The van der Waals surface area contributed by atoms with E-state index in [-0.39, 0.29) is 11.8 Å². The van der Waals surface area contributed by atoms with Crippen LogP contribution in [0.5, 0.6) is 0 Å². The quantitative estimate of drug-likeness (QED) is 0.814. The maximum absolute atomic E-state index is 12.7. The molecule has 24 heavy (non-hydrogen) atoms. The number of likely N-dealkylation sites (tertiary alicyclic amines) is 1. The minimum Gasteiger partial charge on any atom is -0.376 e. The molecule has 1 saturated heterocycles. The van der Waals surface area contributed by atoms with Crippen LogP contribution < -0.4 is 0 Å². The molecule has 1 aromatic heterocycles. The molecule has 0 atom stereocenters. The van der Waals surface area contributed by atoms with E-state index in [2.05, 4.69) is 10.1 Å². The van der Waals surface area contributed by atoms with Crippen LogP contribution in [0.1, 0.15) is 37.0 Å². The highest BCUT2D eigenvalue weighted by Crippen LogP contribution is 2.30. The molecule has 0 unspecified atom stereocenters. The number of hydrogen-bond acceptors (Lipinski definition) is 5. The zero-order valence-corrected chi connectivity index (χ0v) is 14.4. The highest BCUT2D eigenvalue weighted by molar-refractivity contribution is 5.83. The van der Waals surface area contributed by atoms with Crippen molar-refractivity contribution < 1.29 is 14.1 Å². The van der Waals surface area contributed by atoms with Crippen molar-refractivity contribution in [2.24, 2.45) is 5.41 Å². The Morgan fingerprint density at radius 3 is 2.67 bits per heavy atom. The summed E-state index contributed by atoms with van der Waals surface area (Å²) in [5.74, 6) is 1.50. The Balaban J connectivity index is 1.47. The molecule has 1 aliphatic rings. The monoisotopic (exact) mass is 329 g/mol. The Hall–Kier alpha value is -2.21. The third-order valence-corrected chi connectivity index (χ3v) is 4.21. The lowest BCUT2D eigenvalue weighted by molar-refractivity contribution is -0.149. The molecule has 1 aromatic carbocycles. The highest BCUT2D eigenvalue weighted by Gasteiger charge is 2.41. The van der Waals surface area contributed by atoms with Crippen molar-refractivity contribution in [1.82, 2.24) is 15.0 Å². The number of nitrogens with zero attached hydrogens (tertiary/aromatic N) is 3. The molecule has 128 valence electrons. The van der Waals surface area contributed by atoms with Gasteiger partial charge in [-0.3, -0.25) is 4.79 Å². The van der Waals surface area contributed by atoms with Gasteiger partial charge >= 0.3 is 0 Å². The molecule has 0 bridgehead atoms. The molecule has 3 rings (SSSR count). The summed E-state index contributed by atoms with van der Waals surface area (Å²) >= 11 is 0. The summed E-state index contributed by atoms with van der Waals surface area (Å²) in [7, 11) is 0. The van der Waals surface area contributed by atoms with Gasteiger partial charge < -0.3 is 14.2 Å². The van der Waals surface area contributed by atoms with E-state index in [0.29, 0.717) is 38.0 Å². The van der Waals surface area contributed by atoms with Crippen molar-refractivity contribution in [2.45, 2.75) is 33.3 Å². The summed E-state index contributed by atoms with van der Waals surface area (Å²) in [4.78, 5) is 18.7. The van der Waals surface area contributed by atoms with Gasteiger partial charge in [0.05, 0.1) is 24.5 Å². The van der Waals surface area contributed by atoms with Gasteiger partial charge in [0.25, 0.3) is 0 Å². The lowest BCUT2D eigenvalue weighted by atomic mass is 9.89. The molecule has 0 radical (unpaired) electrons. The van der Waals surface area contributed by atoms with E-state index in [4.69, 9.17) is 9.26 Å². The Bertz CT molecular complexity index is 691. The first kappa shape index (κ1) is 16.6. The third-order valence-electron chi connectivity index (χ3n) is 4.21. The molecule has 6 heteroatoms. The molecule has 1 aliphatic heterocycles. The fourth-order valence-corrected chi connectivity index (χ4v) is 2.77. The number of rotatable bonds is 6. The highest BCUT2D eigenvalue weighted by atomic mass is 16.5. The topological polar surface area (TPSA) is 68.5 Å². The van der Waals surface area contributed by atoms with E-state index in [0.717, 1.165) is 5.56 Å². The van der Waals surface area contributed by atoms with Crippen LogP contribution >= 0.6 is 0 Å². The van der Waals surface area contributed by atoms with Crippen molar-refractivity contribution >= 4 is 5.91 Å². The number of carbonyl (C=O) groups excluding carboxylic acids is 1. The number of amides is 1. The Morgan fingerprint density at radius 1 is 1.33 bits per heavy atom. The van der Waals surface area contributed by atoms with Gasteiger partial charge in [-0.1, -0.05) is 35.5 Å². The largest absolute Gasteiger partial charge is 0.376 e. The number of carbonyl (C=O) groups is 1. The van der Waals surface area contributed by atoms with Gasteiger partial charge in [-0.25, -0.2) is 0 Å². The molecule has 2 aromatic rings. The van der Waals surface area contributed by atoms with Gasteiger partial charge in [-0.05, 0) is 26.3 Å². The van der Waals surface area contributed by atoms with Crippen LogP contribution in [-0.2, 0) is 16.1 Å². The van der Waals surface area contributed by atoms with Crippen LogP contribution in [0.4, 0.5) is 0 Å². The average molecular weight is 329 g/mol. The van der Waals surface area contributed by atoms with Crippen LogP contribution in [0, 0.1) is 12.3 Å². The number of hydrogen-bond donors (Lipinski definition) is 0. The van der Waals surface area contributed by atoms with Crippen LogP contribution in [0.15, 0.2) is 34.9 Å². The van der Waals surface area contributed by atoms with Crippen LogP contribution in [0.2, 0.25) is 0 Å². The molecular weight excluding hydrogens is 306 g/mol. The molecule has 2 heterocycles. The van der Waals surface area contributed by atoms with Gasteiger partial charge in [-0.2, -0.15) is 4.98 Å². The molecule has 0 N–H and O–H groups in total. The lowest BCUT2D eigenvalue weighted by Gasteiger charge is -2.41. The van der Waals surface area contributed by atoms with E-state index in [1.54, 1.807) is 6.92 Å². The molecular formula is C18H23N3O3. The maximum atomic E-state index is 12.7. The molecule has 6 nitrogen and oxygen atoms in total. The van der Waals surface area contributed by atoms with Gasteiger partial charge in [0.2, 0.25) is 11.8 Å². The Labute approximate surface area is 141 Å². The molecule has 0 spiro atoms. The van der Waals surface area contributed by atoms with Crippen molar-refractivity contribution in [2.75, 3.05) is 19.7 Å². The van der Waals surface area contributed by atoms with E-state index < -0.39 is 5.41 Å². The van der Waals surface area contributed by atoms with E-state index in [1.807, 2.05) is 49.1 Å². The predicted molar refractivity (Wildman–Crippen MR) is 88.2 cm³/mol. The number of aryl methyl sites for hydroxylation is 1. The predicted octanol–water partition coefficient (Wildman–Crippen LogP) is 2.55. The summed E-state index contributed by atoms with van der Waals surface area (Å²) in [6.45, 7) is 7.80. The van der Waals surface area contributed by atoms with E-state index in [1.165, 1.54) is 0 Å². The van der Waals surface area contributed by atoms with E-state index >= 15 is 0 Å². The van der Waals surface area contributed by atoms with Crippen LogP contribution in [0.3, 0.4) is 0 Å². The summed E-state index contributed by atoms with van der Waals surface area (Å²) in [6, 6.07) is 9.97. The minimum atomic E-state index is -0.551. The fourth-order valence-electron chi connectivity index (χ4n) is 2.77. The Morgan fingerprint density at radius 2 is 2.04 bits per heavy atom. The van der Waals surface area contributed by atoms with Gasteiger partial charge in [0.15, 0.2) is 5.82 Å². The first-order chi connectivity index (χ1) is 11.5. The van der Waals surface area contributed by atoms with Crippen molar-refractivity contribution in [3.8, 4) is 0 Å². The second kappa shape index (κ2) is 6.73. The summed E-state index contributed by atoms with van der Waals surface area (Å²) < 4.78 is 10.9. The summed E-state index contributed by atoms with van der Waals surface area (Å²) in [6.07, 6.45) is 0. The summed E-state index contributed by atoms with van der Waals surface area (Å²) in [5.41, 5.74) is 0.557. The average Bonchev–Trinajstić information content (AvgIpc) is 2.93. The first-order valence-corrected chi connectivity index (χ1v) is 8.17. The van der Waals surface area contributed by atoms with Crippen molar-refractivity contribution in [1.29, 1.82) is 0 Å². The van der Waals surface area contributed by atoms with Crippen LogP contribution in [0.25, 0.3) is 0 Å². The number of aromatic nitrogens is 2. The van der Waals surface area contributed by atoms with Crippen molar-refractivity contribution in [3.63, 3.8) is 0 Å². The number of benzene rings is 1. The second-order valence-electron chi connectivity index (χ2n) is 6.95. The smallest absolute Gasteiger partial charge is 0.233 e. The Kier molecular flexibility index (Phi) is 4.66. The van der Waals surface area contributed by atoms with E-state index in [9.17, 15) is 4.79 Å².